The molecule has 0 saturated carbocycles. The SMILES string of the molecule is O=C(NC(CN1CCCC1)C(O)c1cc(F)c2c(c1)OCCO2)C(=O)c1ccc2ccc(Cl)cc2c1. The van der Waals surface area contributed by atoms with Crippen LogP contribution in [0.2, 0.25) is 5.02 Å². The third-order valence-electron chi connectivity index (χ3n) is 6.58. The van der Waals surface area contributed by atoms with E-state index >= 15 is 0 Å². The highest BCUT2D eigenvalue weighted by atomic mass is 35.5. The van der Waals surface area contributed by atoms with Gasteiger partial charge in [-0.25, -0.2) is 4.39 Å². The van der Waals surface area contributed by atoms with E-state index < -0.39 is 29.7 Å². The molecule has 2 aliphatic rings. The topological polar surface area (TPSA) is 88.1 Å². The van der Waals surface area contributed by atoms with Crippen molar-refractivity contribution in [2.45, 2.75) is 25.0 Å². The van der Waals surface area contributed by atoms with Crippen LogP contribution in [0.4, 0.5) is 4.39 Å². The van der Waals surface area contributed by atoms with Gasteiger partial charge in [0.05, 0.1) is 6.04 Å². The molecule has 0 aromatic heterocycles. The van der Waals surface area contributed by atoms with Crippen molar-refractivity contribution < 1.29 is 28.6 Å². The molecule has 9 heteroatoms. The number of aliphatic hydroxyl groups excluding tert-OH is 1. The quantitative estimate of drug-likeness (QED) is 0.369. The van der Waals surface area contributed by atoms with Gasteiger partial charge in [0.2, 0.25) is 5.78 Å². The van der Waals surface area contributed by atoms with Crippen LogP contribution in [-0.4, -0.2) is 60.6 Å². The summed E-state index contributed by atoms with van der Waals surface area (Å²) in [5, 5.41) is 16.1. The average Bonchev–Trinajstić information content (AvgIpc) is 3.40. The van der Waals surface area contributed by atoms with Crippen LogP contribution in [-0.2, 0) is 4.79 Å². The third-order valence-corrected chi connectivity index (χ3v) is 6.82. The van der Waals surface area contributed by atoms with E-state index in [4.69, 9.17) is 21.1 Å². The molecular weight excluding hydrogens is 487 g/mol. The summed E-state index contributed by atoms with van der Waals surface area (Å²) < 4.78 is 25.5. The number of carbonyl (C=O) groups excluding carboxylic acids is 2. The van der Waals surface area contributed by atoms with E-state index in [-0.39, 0.29) is 35.8 Å². The predicted octanol–water partition coefficient (Wildman–Crippen LogP) is 3.90. The lowest BCUT2D eigenvalue weighted by molar-refractivity contribution is -0.118. The Labute approximate surface area is 212 Å². The molecule has 7 nitrogen and oxygen atoms in total. The molecule has 0 radical (unpaired) electrons. The minimum absolute atomic E-state index is 0.00362. The van der Waals surface area contributed by atoms with Crippen LogP contribution in [0.1, 0.15) is 34.9 Å². The Balaban J connectivity index is 1.39. The molecular formula is C27H26ClFN2O5. The number of aliphatic hydroxyl groups is 1. The molecule has 36 heavy (non-hydrogen) atoms. The van der Waals surface area contributed by atoms with E-state index in [1.165, 1.54) is 12.1 Å². The highest BCUT2D eigenvalue weighted by Gasteiger charge is 2.31. The van der Waals surface area contributed by atoms with Crippen LogP contribution in [0.5, 0.6) is 11.5 Å². The summed E-state index contributed by atoms with van der Waals surface area (Å²) in [5.74, 6) is -2.03. The van der Waals surface area contributed by atoms with Crippen molar-refractivity contribution in [1.29, 1.82) is 0 Å². The second-order valence-electron chi connectivity index (χ2n) is 9.09. The van der Waals surface area contributed by atoms with Gasteiger partial charge in [-0.1, -0.05) is 29.8 Å². The highest BCUT2D eigenvalue weighted by molar-refractivity contribution is 6.43. The van der Waals surface area contributed by atoms with Crippen molar-refractivity contribution in [2.75, 3.05) is 32.8 Å². The number of hydrogen-bond donors (Lipinski definition) is 2. The van der Waals surface area contributed by atoms with E-state index in [1.54, 1.807) is 30.3 Å². The van der Waals surface area contributed by atoms with Gasteiger partial charge in [0.1, 0.15) is 19.3 Å². The summed E-state index contributed by atoms with van der Waals surface area (Å²) in [5.41, 5.74) is 0.441. The second-order valence-corrected chi connectivity index (χ2v) is 9.53. The number of amides is 1. The number of rotatable bonds is 7. The van der Waals surface area contributed by atoms with Gasteiger partial charge in [-0.3, -0.25) is 9.59 Å². The van der Waals surface area contributed by atoms with Crippen LogP contribution in [0.25, 0.3) is 10.8 Å². The van der Waals surface area contributed by atoms with Gasteiger partial charge < -0.3 is 24.8 Å². The Bertz CT molecular complexity index is 1310. The number of likely N-dealkylation sites (tertiary alicyclic amines) is 1. The number of ketones is 1. The highest BCUT2D eigenvalue weighted by Crippen LogP contribution is 2.36. The first-order valence-electron chi connectivity index (χ1n) is 11.9. The molecule has 3 aromatic rings. The lowest BCUT2D eigenvalue weighted by Gasteiger charge is -2.29. The number of halogens is 2. The summed E-state index contributed by atoms with van der Waals surface area (Å²) in [4.78, 5) is 28.1. The Hall–Kier alpha value is -3.20. The molecule has 2 N–H and O–H groups in total. The van der Waals surface area contributed by atoms with Crippen LogP contribution >= 0.6 is 11.6 Å². The smallest absolute Gasteiger partial charge is 0.292 e. The maximum absolute atomic E-state index is 14.7. The van der Waals surface area contributed by atoms with Crippen LogP contribution < -0.4 is 14.8 Å². The monoisotopic (exact) mass is 512 g/mol. The Morgan fingerprint density at radius 2 is 1.78 bits per heavy atom. The van der Waals surface area contributed by atoms with Crippen molar-refractivity contribution in [3.63, 3.8) is 0 Å². The molecule has 2 aliphatic heterocycles. The molecule has 3 aromatic carbocycles. The van der Waals surface area contributed by atoms with Crippen LogP contribution in [0, 0.1) is 5.82 Å². The third kappa shape index (κ3) is 5.16. The molecule has 2 unspecified atom stereocenters. The number of hydrogen-bond acceptors (Lipinski definition) is 6. The van der Waals surface area contributed by atoms with E-state index in [2.05, 4.69) is 10.2 Å². The molecule has 2 heterocycles. The van der Waals surface area contributed by atoms with Gasteiger partial charge in [-0.15, -0.1) is 0 Å². The summed E-state index contributed by atoms with van der Waals surface area (Å²) in [6.07, 6.45) is 0.741. The van der Waals surface area contributed by atoms with Crippen molar-refractivity contribution in [2.24, 2.45) is 0 Å². The minimum Gasteiger partial charge on any atom is -0.486 e. The van der Waals surface area contributed by atoms with Crippen LogP contribution in [0.15, 0.2) is 48.5 Å². The average molecular weight is 513 g/mol. The zero-order chi connectivity index (χ0) is 25.2. The van der Waals surface area contributed by atoms with E-state index in [9.17, 15) is 19.1 Å². The number of carbonyl (C=O) groups is 2. The Morgan fingerprint density at radius 3 is 2.58 bits per heavy atom. The second kappa shape index (κ2) is 10.4. The van der Waals surface area contributed by atoms with Gasteiger partial charge >= 0.3 is 0 Å². The van der Waals surface area contributed by atoms with E-state index in [1.807, 2.05) is 6.07 Å². The van der Waals surface area contributed by atoms with Crippen molar-refractivity contribution >= 4 is 34.1 Å². The normalized spacial score (nSPS) is 17.1. The molecule has 1 fully saturated rings. The van der Waals surface area contributed by atoms with Gasteiger partial charge in [-0.05, 0) is 72.6 Å². The van der Waals surface area contributed by atoms with Crippen molar-refractivity contribution in [3.8, 4) is 11.5 Å². The fourth-order valence-corrected chi connectivity index (χ4v) is 4.91. The standard InChI is InChI=1S/C27H26ClFN2O5/c28-20-6-5-16-3-4-17(11-18(16)12-20)25(33)27(34)30-22(15-31-7-1-2-8-31)24(32)19-13-21(29)26-23(14-19)35-9-10-36-26/h3-6,11-14,22,24,32H,1-2,7-10,15H2,(H,30,34). The fraction of sp³-hybridized carbons (Fsp3) is 0.333. The first-order valence-corrected chi connectivity index (χ1v) is 12.3. The predicted molar refractivity (Wildman–Crippen MR) is 133 cm³/mol. The lowest BCUT2D eigenvalue weighted by atomic mass is 9.99. The number of nitrogens with zero attached hydrogens (tertiary/aromatic N) is 1. The molecule has 0 aliphatic carbocycles. The Kier molecular flexibility index (Phi) is 7.09. The molecule has 188 valence electrons. The van der Waals surface area contributed by atoms with Gasteiger partial charge in [0.25, 0.3) is 5.91 Å². The summed E-state index contributed by atoms with van der Waals surface area (Å²) >= 11 is 6.07. The number of Topliss-reactive ketones (excluding diaryl/α,β-unsaturated/α-hetero) is 1. The number of benzene rings is 3. The summed E-state index contributed by atoms with van der Waals surface area (Å²) in [6, 6.07) is 12.1. The maximum Gasteiger partial charge on any atom is 0.292 e. The number of nitrogens with one attached hydrogen (secondary N) is 1. The zero-order valence-electron chi connectivity index (χ0n) is 19.5. The van der Waals surface area contributed by atoms with Crippen molar-refractivity contribution in [1.82, 2.24) is 10.2 Å². The van der Waals surface area contributed by atoms with Gasteiger partial charge in [0.15, 0.2) is 17.3 Å². The number of fused-ring (bicyclic) bond motifs is 2. The Morgan fingerprint density at radius 1 is 1.03 bits per heavy atom. The first-order chi connectivity index (χ1) is 17.4. The first kappa shape index (κ1) is 24.5. The summed E-state index contributed by atoms with van der Waals surface area (Å²) in [7, 11) is 0. The van der Waals surface area contributed by atoms with E-state index in [0.717, 1.165) is 36.7 Å². The molecule has 1 saturated heterocycles. The fourth-order valence-electron chi connectivity index (χ4n) is 4.73. The molecule has 1 amide bonds. The maximum atomic E-state index is 14.7. The minimum atomic E-state index is -1.27. The molecule has 2 atom stereocenters. The largest absolute Gasteiger partial charge is 0.486 e. The molecule has 0 spiro atoms. The van der Waals surface area contributed by atoms with Gasteiger partial charge in [-0.2, -0.15) is 0 Å². The van der Waals surface area contributed by atoms with E-state index in [0.29, 0.717) is 11.6 Å². The molecule has 0 bridgehead atoms. The summed E-state index contributed by atoms with van der Waals surface area (Å²) in [6.45, 7) is 2.44. The van der Waals surface area contributed by atoms with Crippen LogP contribution in [0.3, 0.4) is 0 Å². The number of ether oxygens (including phenoxy) is 2. The van der Waals surface area contributed by atoms with Gasteiger partial charge in [0, 0.05) is 17.1 Å². The lowest BCUT2D eigenvalue weighted by Crippen LogP contribution is -2.48. The van der Waals surface area contributed by atoms with Crippen molar-refractivity contribution in [3.05, 3.63) is 70.5 Å². The molecule has 5 rings (SSSR count). The zero-order valence-corrected chi connectivity index (χ0v) is 20.3.